The van der Waals surface area contributed by atoms with E-state index in [1.165, 1.54) is 51.4 Å². The highest BCUT2D eigenvalue weighted by molar-refractivity contribution is 5.72. The fourth-order valence-electron chi connectivity index (χ4n) is 4.99. The number of benzene rings is 1. The molecule has 0 spiro atoms. The molecule has 0 N–H and O–H groups in total. The number of rotatable bonds is 15. The van der Waals surface area contributed by atoms with Gasteiger partial charge in [-0.15, -0.1) is 0 Å². The van der Waals surface area contributed by atoms with Crippen LogP contribution in [0.1, 0.15) is 124 Å². The minimum absolute atomic E-state index is 0.0853. The van der Waals surface area contributed by atoms with E-state index in [0.717, 1.165) is 54.7 Å². The maximum atomic E-state index is 11.8. The van der Waals surface area contributed by atoms with Crippen molar-refractivity contribution < 1.29 is 14.3 Å². The van der Waals surface area contributed by atoms with Crippen LogP contribution in [0.3, 0.4) is 0 Å². The number of ether oxygens (including phenoxy) is 2. The van der Waals surface area contributed by atoms with Gasteiger partial charge in [-0.05, 0) is 80.5 Å². The highest BCUT2D eigenvalue weighted by Crippen LogP contribution is 2.38. The van der Waals surface area contributed by atoms with Crippen molar-refractivity contribution in [2.45, 2.75) is 131 Å². The lowest BCUT2D eigenvalue weighted by Crippen LogP contribution is -2.36. The molecule has 3 unspecified atom stereocenters. The summed E-state index contributed by atoms with van der Waals surface area (Å²) in [6.07, 6.45) is 15.2. The summed E-state index contributed by atoms with van der Waals surface area (Å²) in [4.78, 5) is 11.8. The highest BCUT2D eigenvalue weighted by Gasteiger charge is 2.31. The van der Waals surface area contributed by atoms with E-state index in [9.17, 15) is 4.79 Å². The Morgan fingerprint density at radius 1 is 1.00 bits per heavy atom. The molecule has 0 amide bonds. The summed E-state index contributed by atoms with van der Waals surface area (Å²) < 4.78 is 11.9. The van der Waals surface area contributed by atoms with E-state index in [4.69, 9.17) is 9.47 Å². The molecule has 1 heterocycles. The van der Waals surface area contributed by atoms with Crippen LogP contribution < -0.4 is 9.47 Å². The first-order valence-corrected chi connectivity index (χ1v) is 13.7. The number of carbonyl (C=O) groups excluding carboxylic acids is 1. The van der Waals surface area contributed by atoms with Crippen molar-refractivity contribution in [1.29, 1.82) is 0 Å². The van der Waals surface area contributed by atoms with Crippen LogP contribution in [0.5, 0.6) is 11.5 Å². The molecule has 0 fully saturated rings. The van der Waals surface area contributed by atoms with Crippen LogP contribution in [0.25, 0.3) is 0 Å². The Labute approximate surface area is 204 Å². The molecular weight excluding hydrogens is 408 g/mol. The molecule has 1 aromatic rings. The summed E-state index contributed by atoms with van der Waals surface area (Å²) in [5.74, 6) is 3.96. The van der Waals surface area contributed by atoms with Gasteiger partial charge < -0.3 is 9.47 Å². The highest BCUT2D eigenvalue weighted by atomic mass is 16.5. The summed E-state index contributed by atoms with van der Waals surface area (Å²) >= 11 is 0. The number of hydrogen-bond acceptors (Lipinski definition) is 3. The summed E-state index contributed by atoms with van der Waals surface area (Å²) in [5, 5.41) is 0. The predicted molar refractivity (Wildman–Crippen MR) is 139 cm³/mol. The van der Waals surface area contributed by atoms with Crippen LogP contribution in [0.4, 0.5) is 0 Å². The van der Waals surface area contributed by atoms with Gasteiger partial charge in [0.1, 0.15) is 17.1 Å². The quantitative estimate of drug-likeness (QED) is 0.194. The summed E-state index contributed by atoms with van der Waals surface area (Å²) in [5.41, 5.74) is 1.07. The molecule has 0 aromatic heterocycles. The van der Waals surface area contributed by atoms with E-state index in [-0.39, 0.29) is 11.6 Å². The topological polar surface area (TPSA) is 35.5 Å². The van der Waals surface area contributed by atoms with E-state index >= 15 is 0 Å². The maximum absolute atomic E-state index is 11.8. The molecular formula is C30H50O3. The van der Waals surface area contributed by atoms with Gasteiger partial charge in [-0.25, -0.2) is 0 Å². The Balaban J connectivity index is 1.67. The zero-order valence-corrected chi connectivity index (χ0v) is 22.4. The lowest BCUT2D eigenvalue weighted by molar-refractivity contribution is -0.134. The Bertz CT molecular complexity index is 710. The number of aryl methyl sites for hydroxylation is 1. The molecule has 1 aromatic carbocycles. The van der Waals surface area contributed by atoms with Gasteiger partial charge in [0.05, 0.1) is 0 Å². The van der Waals surface area contributed by atoms with Crippen LogP contribution in [0.2, 0.25) is 0 Å². The first-order valence-electron chi connectivity index (χ1n) is 13.7. The van der Waals surface area contributed by atoms with Gasteiger partial charge in [0.2, 0.25) is 0 Å². The smallest absolute Gasteiger partial charge is 0.311 e. The Hall–Kier alpha value is -1.51. The molecule has 1 aliphatic heterocycles. The molecule has 33 heavy (non-hydrogen) atoms. The average Bonchev–Trinajstić information content (AvgIpc) is 2.74. The average molecular weight is 459 g/mol. The molecule has 188 valence electrons. The van der Waals surface area contributed by atoms with Gasteiger partial charge in [-0.2, -0.15) is 0 Å². The van der Waals surface area contributed by atoms with Crippen LogP contribution >= 0.6 is 0 Å². The Kier molecular flexibility index (Phi) is 11.8. The third-order valence-electron chi connectivity index (χ3n) is 7.27. The first kappa shape index (κ1) is 27.7. The fraction of sp³-hybridized carbons (Fsp3) is 0.767. The van der Waals surface area contributed by atoms with E-state index < -0.39 is 0 Å². The molecule has 3 nitrogen and oxygen atoms in total. The molecule has 0 radical (unpaired) electrons. The zero-order chi connectivity index (χ0) is 24.3. The number of fused-ring (bicyclic) bond motifs is 1. The second kappa shape index (κ2) is 14.0. The summed E-state index contributed by atoms with van der Waals surface area (Å²) in [7, 11) is 0. The second-order valence-corrected chi connectivity index (χ2v) is 11.4. The minimum atomic E-state index is -0.159. The van der Waals surface area contributed by atoms with Crippen molar-refractivity contribution in [3.05, 3.63) is 23.8 Å². The van der Waals surface area contributed by atoms with Crippen LogP contribution in [-0.4, -0.2) is 11.6 Å². The van der Waals surface area contributed by atoms with Crippen molar-refractivity contribution in [3.63, 3.8) is 0 Å². The van der Waals surface area contributed by atoms with Gasteiger partial charge in [-0.3, -0.25) is 4.79 Å². The van der Waals surface area contributed by atoms with Crippen LogP contribution in [0, 0.1) is 17.8 Å². The molecule has 0 saturated carbocycles. The maximum Gasteiger partial charge on any atom is 0.311 e. The van der Waals surface area contributed by atoms with Crippen molar-refractivity contribution in [1.82, 2.24) is 0 Å². The summed E-state index contributed by atoms with van der Waals surface area (Å²) in [6.45, 7) is 13.8. The molecule has 0 bridgehead atoms. The fourth-order valence-corrected chi connectivity index (χ4v) is 4.99. The van der Waals surface area contributed by atoms with Crippen molar-refractivity contribution in [2.24, 2.45) is 17.8 Å². The third kappa shape index (κ3) is 10.5. The monoisotopic (exact) mass is 458 g/mol. The van der Waals surface area contributed by atoms with E-state index in [0.29, 0.717) is 12.2 Å². The Morgan fingerprint density at radius 3 is 2.27 bits per heavy atom. The lowest BCUT2D eigenvalue weighted by atomic mass is 9.86. The van der Waals surface area contributed by atoms with Gasteiger partial charge in [0.25, 0.3) is 0 Å². The first-order chi connectivity index (χ1) is 15.7. The van der Waals surface area contributed by atoms with Crippen LogP contribution in [-0.2, 0) is 11.2 Å². The van der Waals surface area contributed by atoms with E-state index in [1.807, 2.05) is 25.1 Å². The Morgan fingerprint density at radius 2 is 1.64 bits per heavy atom. The third-order valence-corrected chi connectivity index (χ3v) is 7.27. The van der Waals surface area contributed by atoms with Gasteiger partial charge in [-0.1, -0.05) is 79.6 Å². The standard InChI is InChI=1S/C30H50O3/c1-7-11-29(31)32-27-17-18-28-26(22-27)19-21-30(6,33-28)20-10-16-25(5)15-9-14-24(4)13-8-12-23(2)3/h17-18,22-25H,7-16,19-21H2,1-6H3. The van der Waals surface area contributed by atoms with E-state index in [1.54, 1.807) is 0 Å². The number of carbonyl (C=O) groups is 1. The molecule has 3 atom stereocenters. The molecule has 0 aliphatic carbocycles. The normalized spacial score (nSPS) is 19.6. The van der Waals surface area contributed by atoms with Crippen molar-refractivity contribution in [2.75, 3.05) is 0 Å². The molecule has 2 rings (SSSR count). The number of esters is 1. The van der Waals surface area contributed by atoms with Crippen molar-refractivity contribution in [3.8, 4) is 11.5 Å². The second-order valence-electron chi connectivity index (χ2n) is 11.4. The van der Waals surface area contributed by atoms with Gasteiger partial charge in [0, 0.05) is 6.42 Å². The van der Waals surface area contributed by atoms with Crippen molar-refractivity contribution >= 4 is 5.97 Å². The zero-order valence-electron chi connectivity index (χ0n) is 22.4. The lowest BCUT2D eigenvalue weighted by Gasteiger charge is -2.36. The number of hydrogen-bond donors (Lipinski definition) is 0. The summed E-state index contributed by atoms with van der Waals surface area (Å²) in [6, 6.07) is 5.82. The largest absolute Gasteiger partial charge is 0.487 e. The molecule has 3 heteroatoms. The molecule has 0 saturated heterocycles. The van der Waals surface area contributed by atoms with Gasteiger partial charge >= 0.3 is 5.97 Å². The predicted octanol–water partition coefficient (Wildman–Crippen LogP) is 8.91. The SMILES string of the molecule is CCCC(=O)Oc1ccc2c(c1)CCC(C)(CCCC(C)CCCC(C)CCCC(C)C)O2. The van der Waals surface area contributed by atoms with E-state index in [2.05, 4.69) is 34.6 Å². The minimum Gasteiger partial charge on any atom is -0.487 e. The van der Waals surface area contributed by atoms with Crippen LogP contribution in [0.15, 0.2) is 18.2 Å². The van der Waals surface area contributed by atoms with Gasteiger partial charge in [0.15, 0.2) is 0 Å². The molecule has 1 aliphatic rings.